The maximum Gasteiger partial charge on any atom is 0.224 e. The van der Waals surface area contributed by atoms with Gasteiger partial charge in [-0.1, -0.05) is 6.07 Å². The Kier molecular flexibility index (Phi) is 1.60. The Labute approximate surface area is 82.8 Å². The van der Waals surface area contributed by atoms with Crippen LogP contribution in [0.2, 0.25) is 0 Å². The number of aromatic nitrogens is 1. The Balaban J connectivity index is 1.80. The van der Waals surface area contributed by atoms with Crippen LogP contribution in [-0.4, -0.2) is 28.4 Å². The fourth-order valence-electron chi connectivity index (χ4n) is 2.48. The minimum absolute atomic E-state index is 0.321. The lowest BCUT2D eigenvalue weighted by Gasteiger charge is -2.33. The van der Waals surface area contributed by atoms with Crippen molar-refractivity contribution in [3.8, 4) is 0 Å². The van der Waals surface area contributed by atoms with Crippen molar-refractivity contribution in [1.82, 2.24) is 9.88 Å². The van der Waals surface area contributed by atoms with Gasteiger partial charge in [-0.2, -0.15) is 0 Å². The predicted molar refractivity (Wildman–Crippen MR) is 51.7 cm³/mol. The zero-order valence-corrected chi connectivity index (χ0v) is 7.89. The highest BCUT2D eigenvalue weighted by molar-refractivity contribution is 5.83. The molecule has 14 heavy (non-hydrogen) atoms. The molecule has 0 N–H and O–H groups in total. The Morgan fingerprint density at radius 2 is 2.43 bits per heavy atom. The maximum absolute atomic E-state index is 11.2. The van der Waals surface area contributed by atoms with Gasteiger partial charge in [0.1, 0.15) is 0 Å². The van der Waals surface area contributed by atoms with Gasteiger partial charge >= 0.3 is 0 Å². The summed E-state index contributed by atoms with van der Waals surface area (Å²) >= 11 is 0. The van der Waals surface area contributed by atoms with Crippen LogP contribution in [0.25, 0.3) is 0 Å². The number of pyridine rings is 1. The first-order valence-corrected chi connectivity index (χ1v) is 5.04. The number of rotatable bonds is 1. The number of hydrogen-bond acceptors (Lipinski definition) is 2. The van der Waals surface area contributed by atoms with Gasteiger partial charge < -0.3 is 4.90 Å². The molecule has 2 saturated heterocycles. The Bertz CT molecular complexity index is 363. The molecule has 2 fully saturated rings. The van der Waals surface area contributed by atoms with Crippen LogP contribution in [-0.2, 0) is 4.79 Å². The molecule has 2 aliphatic rings. The van der Waals surface area contributed by atoms with Crippen LogP contribution in [0.3, 0.4) is 0 Å². The third-order valence-corrected chi connectivity index (χ3v) is 3.30. The third kappa shape index (κ3) is 1.05. The highest BCUT2D eigenvalue weighted by Gasteiger charge is 2.44. The van der Waals surface area contributed by atoms with Crippen LogP contribution in [0.4, 0.5) is 0 Å². The summed E-state index contributed by atoms with van der Waals surface area (Å²) in [5, 5.41) is 0. The second kappa shape index (κ2) is 2.80. The van der Waals surface area contributed by atoms with Crippen molar-refractivity contribution in [2.24, 2.45) is 0 Å². The molecule has 0 saturated carbocycles. The molecule has 0 spiro atoms. The topological polar surface area (TPSA) is 33.2 Å². The van der Waals surface area contributed by atoms with Crippen LogP contribution in [0.15, 0.2) is 24.5 Å². The first-order valence-electron chi connectivity index (χ1n) is 5.04. The van der Waals surface area contributed by atoms with E-state index in [9.17, 15) is 4.79 Å². The van der Waals surface area contributed by atoms with Gasteiger partial charge in [0.2, 0.25) is 5.91 Å². The van der Waals surface area contributed by atoms with Gasteiger partial charge in [-0.25, -0.2) is 0 Å². The van der Waals surface area contributed by atoms with Gasteiger partial charge in [0.05, 0.1) is 0 Å². The van der Waals surface area contributed by atoms with Crippen molar-refractivity contribution in [3.05, 3.63) is 30.1 Å². The van der Waals surface area contributed by atoms with E-state index in [1.807, 2.05) is 17.2 Å². The molecular weight excluding hydrogens is 176 g/mol. The number of hydrogen-bond donors (Lipinski definition) is 0. The molecule has 3 nitrogen and oxygen atoms in total. The molecule has 0 aliphatic carbocycles. The SMILES string of the molecule is O=C1C[C@H]2CC(c3cccnc3)CN12. The number of amides is 1. The van der Waals surface area contributed by atoms with Gasteiger partial charge in [0, 0.05) is 37.3 Å². The second-order valence-electron chi connectivity index (χ2n) is 4.12. The minimum atomic E-state index is 0.321. The predicted octanol–water partition coefficient (Wildman–Crippen LogP) is 1.17. The van der Waals surface area contributed by atoms with E-state index in [-0.39, 0.29) is 0 Å². The van der Waals surface area contributed by atoms with Crippen molar-refractivity contribution >= 4 is 5.91 Å². The molecular formula is C11H12N2O. The average molecular weight is 188 g/mol. The number of carbonyl (C=O) groups excluding carboxylic acids is 1. The average Bonchev–Trinajstić information content (AvgIpc) is 2.57. The van der Waals surface area contributed by atoms with Gasteiger partial charge in [-0.15, -0.1) is 0 Å². The van der Waals surface area contributed by atoms with Gasteiger partial charge in [-0.3, -0.25) is 9.78 Å². The quantitative estimate of drug-likeness (QED) is 0.620. The summed E-state index contributed by atoms with van der Waals surface area (Å²) in [7, 11) is 0. The lowest BCUT2D eigenvalue weighted by molar-refractivity contribution is -0.142. The van der Waals surface area contributed by atoms with Crippen LogP contribution >= 0.6 is 0 Å². The number of β-lactam (4-membered cyclic amide) rings is 1. The summed E-state index contributed by atoms with van der Waals surface area (Å²) in [6.07, 6.45) is 5.59. The molecule has 1 aromatic heterocycles. The minimum Gasteiger partial charge on any atom is -0.338 e. The Hall–Kier alpha value is -1.38. The highest BCUT2D eigenvalue weighted by Crippen LogP contribution is 2.38. The van der Waals surface area contributed by atoms with Gasteiger partial charge in [0.25, 0.3) is 0 Å². The molecule has 0 aromatic carbocycles. The number of carbonyl (C=O) groups is 1. The van der Waals surface area contributed by atoms with Crippen molar-refractivity contribution in [2.45, 2.75) is 24.8 Å². The molecule has 2 aliphatic heterocycles. The third-order valence-electron chi connectivity index (χ3n) is 3.30. The summed E-state index contributed by atoms with van der Waals surface area (Å²) in [5.74, 6) is 0.835. The van der Waals surface area contributed by atoms with E-state index in [4.69, 9.17) is 0 Å². The van der Waals surface area contributed by atoms with Crippen LogP contribution in [0, 0.1) is 0 Å². The molecule has 1 unspecified atom stereocenters. The van der Waals surface area contributed by atoms with E-state index >= 15 is 0 Å². The van der Waals surface area contributed by atoms with Crippen molar-refractivity contribution in [3.63, 3.8) is 0 Å². The maximum atomic E-state index is 11.2. The van der Waals surface area contributed by atoms with E-state index in [0.29, 0.717) is 17.9 Å². The molecule has 0 bridgehead atoms. The summed E-state index contributed by atoms with van der Waals surface area (Å²) < 4.78 is 0. The summed E-state index contributed by atoms with van der Waals surface area (Å²) in [6.45, 7) is 0.898. The van der Waals surface area contributed by atoms with E-state index in [2.05, 4.69) is 11.1 Å². The Morgan fingerprint density at radius 3 is 3.07 bits per heavy atom. The molecule has 3 heteroatoms. The van der Waals surface area contributed by atoms with Crippen molar-refractivity contribution < 1.29 is 4.79 Å². The monoisotopic (exact) mass is 188 g/mol. The fourth-order valence-corrected chi connectivity index (χ4v) is 2.48. The van der Waals surface area contributed by atoms with E-state index in [0.717, 1.165) is 19.4 Å². The molecule has 72 valence electrons. The zero-order chi connectivity index (χ0) is 9.54. The van der Waals surface area contributed by atoms with Gasteiger partial charge in [0.15, 0.2) is 0 Å². The first kappa shape index (κ1) is 7.97. The summed E-state index contributed by atoms with van der Waals surface area (Å²) in [4.78, 5) is 17.3. The van der Waals surface area contributed by atoms with Crippen LogP contribution in [0.1, 0.15) is 24.3 Å². The van der Waals surface area contributed by atoms with E-state index < -0.39 is 0 Å². The molecule has 2 atom stereocenters. The fraction of sp³-hybridized carbons (Fsp3) is 0.455. The molecule has 1 aromatic rings. The lowest BCUT2D eigenvalue weighted by Crippen LogP contribution is -2.47. The summed E-state index contributed by atoms with van der Waals surface area (Å²) in [5.41, 5.74) is 1.27. The van der Waals surface area contributed by atoms with Crippen LogP contribution in [0.5, 0.6) is 0 Å². The number of nitrogens with zero attached hydrogens (tertiary/aromatic N) is 2. The van der Waals surface area contributed by atoms with Crippen molar-refractivity contribution in [2.75, 3.05) is 6.54 Å². The molecule has 0 radical (unpaired) electrons. The zero-order valence-electron chi connectivity index (χ0n) is 7.89. The number of fused-ring (bicyclic) bond motifs is 1. The molecule has 3 rings (SSSR count). The summed E-state index contributed by atoms with van der Waals surface area (Å²) in [6, 6.07) is 4.59. The lowest BCUT2D eigenvalue weighted by atomic mass is 9.96. The standard InChI is InChI=1S/C11H12N2O/c14-11-5-10-4-9(7-13(10)11)8-2-1-3-12-6-8/h1-3,6,9-10H,4-5,7H2/t9?,10-/m1/s1. The second-order valence-corrected chi connectivity index (χ2v) is 4.12. The van der Waals surface area contributed by atoms with Crippen LogP contribution < -0.4 is 0 Å². The first-order chi connectivity index (χ1) is 6.84. The smallest absolute Gasteiger partial charge is 0.224 e. The Morgan fingerprint density at radius 1 is 1.50 bits per heavy atom. The normalized spacial score (nSPS) is 30.0. The molecule has 3 heterocycles. The van der Waals surface area contributed by atoms with Crippen molar-refractivity contribution in [1.29, 1.82) is 0 Å². The largest absolute Gasteiger partial charge is 0.338 e. The van der Waals surface area contributed by atoms with E-state index in [1.165, 1.54) is 5.56 Å². The van der Waals surface area contributed by atoms with E-state index in [1.54, 1.807) is 6.20 Å². The highest BCUT2D eigenvalue weighted by atomic mass is 16.2. The van der Waals surface area contributed by atoms with Gasteiger partial charge in [-0.05, 0) is 18.1 Å². The molecule has 1 amide bonds.